The van der Waals surface area contributed by atoms with Crippen LogP contribution in [-0.2, 0) is 14.3 Å². The number of amides is 1. The summed E-state index contributed by atoms with van der Waals surface area (Å²) in [7, 11) is 0. The molecule has 142 valence electrons. The second-order valence-electron chi connectivity index (χ2n) is 7.32. The molecule has 27 heavy (non-hydrogen) atoms. The fourth-order valence-corrected chi connectivity index (χ4v) is 3.13. The number of hydrogen-bond acceptors (Lipinski definition) is 4. The summed E-state index contributed by atoms with van der Waals surface area (Å²) < 4.78 is 5.06. The highest BCUT2D eigenvalue weighted by Crippen LogP contribution is 2.38. The molecule has 2 atom stereocenters. The normalized spacial score (nSPS) is 18.1. The van der Waals surface area contributed by atoms with E-state index in [-0.39, 0.29) is 30.4 Å². The number of nitrogens with one attached hydrogen (secondary N) is 1. The second kappa shape index (κ2) is 8.25. The third kappa shape index (κ3) is 4.88. The Bertz CT molecular complexity index is 787. The van der Waals surface area contributed by atoms with Gasteiger partial charge in [0.15, 0.2) is 6.61 Å². The fourth-order valence-electron chi connectivity index (χ4n) is 3.13. The van der Waals surface area contributed by atoms with Crippen molar-refractivity contribution in [1.82, 2.24) is 0 Å². The predicted octanol–water partition coefficient (Wildman–Crippen LogP) is 4.37. The lowest BCUT2D eigenvalue weighted by Crippen LogP contribution is -2.25. The van der Waals surface area contributed by atoms with Gasteiger partial charge in [-0.25, -0.2) is 0 Å². The van der Waals surface area contributed by atoms with Crippen molar-refractivity contribution >= 4 is 28.9 Å². The zero-order valence-corrected chi connectivity index (χ0v) is 16.0. The van der Waals surface area contributed by atoms with Crippen LogP contribution in [0, 0.1) is 11.8 Å². The lowest BCUT2D eigenvalue weighted by molar-refractivity contribution is -0.148. The molecule has 0 radical (unpaired) electrons. The zero-order chi connectivity index (χ0) is 19.4. The molecule has 1 fully saturated rings. The minimum absolute atomic E-state index is 0.0305. The molecular formula is C22H26N2O3. The van der Waals surface area contributed by atoms with Crippen LogP contribution in [0.1, 0.15) is 27.2 Å². The molecule has 0 spiro atoms. The molecule has 5 heteroatoms. The number of rotatable bonds is 7. The number of para-hydroxylation sites is 1. The molecule has 0 saturated heterocycles. The van der Waals surface area contributed by atoms with Gasteiger partial charge in [-0.2, -0.15) is 0 Å². The van der Waals surface area contributed by atoms with Crippen LogP contribution in [0.5, 0.6) is 0 Å². The van der Waals surface area contributed by atoms with Crippen LogP contribution in [0.2, 0.25) is 0 Å². The molecule has 1 amide bonds. The fraction of sp³-hybridized carbons (Fsp3) is 0.364. The Labute approximate surface area is 160 Å². The molecule has 2 aromatic rings. The van der Waals surface area contributed by atoms with Gasteiger partial charge >= 0.3 is 5.97 Å². The first kappa shape index (κ1) is 19.0. The van der Waals surface area contributed by atoms with Crippen molar-refractivity contribution in [3.63, 3.8) is 0 Å². The van der Waals surface area contributed by atoms with Crippen LogP contribution < -0.4 is 10.2 Å². The maximum atomic E-state index is 12.0. The van der Waals surface area contributed by atoms with Gasteiger partial charge in [-0.3, -0.25) is 9.59 Å². The Balaban J connectivity index is 1.59. The monoisotopic (exact) mass is 366 g/mol. The number of esters is 1. The van der Waals surface area contributed by atoms with E-state index in [0.29, 0.717) is 11.6 Å². The number of carbonyl (C=O) groups excluding carboxylic acids is 2. The molecule has 1 N–H and O–H groups in total. The average molecular weight is 366 g/mol. The Morgan fingerprint density at radius 3 is 2.22 bits per heavy atom. The number of nitrogens with zero attached hydrogens (tertiary/aromatic N) is 1. The third-order valence-corrected chi connectivity index (χ3v) is 4.74. The summed E-state index contributed by atoms with van der Waals surface area (Å²) in [6, 6.07) is 18.1. The van der Waals surface area contributed by atoms with Gasteiger partial charge < -0.3 is 15.0 Å². The van der Waals surface area contributed by atoms with E-state index >= 15 is 0 Å². The Morgan fingerprint density at radius 2 is 1.67 bits per heavy atom. The minimum atomic E-state index is -0.326. The van der Waals surface area contributed by atoms with E-state index in [9.17, 15) is 9.59 Å². The smallest absolute Gasteiger partial charge is 0.309 e. The van der Waals surface area contributed by atoms with Crippen molar-refractivity contribution in [1.29, 1.82) is 0 Å². The van der Waals surface area contributed by atoms with Gasteiger partial charge in [0, 0.05) is 23.1 Å². The van der Waals surface area contributed by atoms with Crippen molar-refractivity contribution in [2.75, 3.05) is 16.8 Å². The van der Waals surface area contributed by atoms with Crippen LogP contribution in [0.3, 0.4) is 0 Å². The van der Waals surface area contributed by atoms with Gasteiger partial charge in [0.1, 0.15) is 0 Å². The first-order valence-corrected chi connectivity index (χ1v) is 9.36. The average Bonchev–Trinajstić information content (AvgIpc) is 3.39. The summed E-state index contributed by atoms with van der Waals surface area (Å²) in [6.07, 6.45) is 0.857. The predicted molar refractivity (Wildman–Crippen MR) is 107 cm³/mol. The molecule has 0 unspecified atom stereocenters. The van der Waals surface area contributed by atoms with Gasteiger partial charge in [-0.05, 0) is 62.6 Å². The maximum Gasteiger partial charge on any atom is 0.309 e. The van der Waals surface area contributed by atoms with Crippen molar-refractivity contribution in [3.05, 3.63) is 54.6 Å². The number of anilines is 3. The van der Waals surface area contributed by atoms with Gasteiger partial charge in [-0.1, -0.05) is 25.1 Å². The zero-order valence-electron chi connectivity index (χ0n) is 16.0. The van der Waals surface area contributed by atoms with Crippen molar-refractivity contribution in [2.24, 2.45) is 11.8 Å². The van der Waals surface area contributed by atoms with Crippen molar-refractivity contribution < 1.29 is 14.3 Å². The maximum absolute atomic E-state index is 12.0. The molecule has 5 nitrogen and oxygen atoms in total. The standard InChI is InChI=1S/C22H26N2O3/c1-15(2)24(18-7-5-4-6-8-18)19-11-9-17(10-12-19)23-21(25)14-27-22(26)20-13-16(20)3/h4-12,15-16,20H,13-14H2,1-3H3,(H,23,25)/t16-,20-/m1/s1. The molecule has 3 rings (SSSR count). The molecule has 0 heterocycles. The van der Waals surface area contributed by atoms with Crippen LogP contribution in [0.25, 0.3) is 0 Å². The van der Waals surface area contributed by atoms with Crippen LogP contribution in [0.4, 0.5) is 17.1 Å². The summed E-state index contributed by atoms with van der Waals surface area (Å²) in [5.41, 5.74) is 2.84. The van der Waals surface area contributed by atoms with E-state index < -0.39 is 0 Å². The van der Waals surface area contributed by atoms with Gasteiger partial charge in [0.25, 0.3) is 5.91 Å². The Hall–Kier alpha value is -2.82. The van der Waals surface area contributed by atoms with Crippen molar-refractivity contribution in [3.8, 4) is 0 Å². The highest BCUT2D eigenvalue weighted by Gasteiger charge is 2.40. The summed E-state index contributed by atoms with van der Waals surface area (Å²) >= 11 is 0. The lowest BCUT2D eigenvalue weighted by Gasteiger charge is -2.29. The molecule has 0 aliphatic heterocycles. The molecule has 0 aromatic heterocycles. The molecule has 1 saturated carbocycles. The van der Waals surface area contributed by atoms with E-state index in [1.165, 1.54) is 0 Å². The largest absolute Gasteiger partial charge is 0.455 e. The van der Waals surface area contributed by atoms with E-state index in [1.807, 2.05) is 49.4 Å². The third-order valence-electron chi connectivity index (χ3n) is 4.74. The molecule has 1 aliphatic carbocycles. The van der Waals surface area contributed by atoms with E-state index in [0.717, 1.165) is 17.8 Å². The van der Waals surface area contributed by atoms with Gasteiger partial charge in [-0.15, -0.1) is 0 Å². The summed E-state index contributed by atoms with van der Waals surface area (Å²) in [5.74, 6) is -0.254. The first-order valence-electron chi connectivity index (χ1n) is 9.36. The molecular weight excluding hydrogens is 340 g/mol. The lowest BCUT2D eigenvalue weighted by atomic mass is 10.2. The number of ether oxygens (including phenoxy) is 1. The van der Waals surface area contributed by atoms with Gasteiger partial charge in [0.05, 0.1) is 5.92 Å². The molecule has 1 aliphatic rings. The summed E-state index contributed by atoms with van der Waals surface area (Å²) in [6.45, 7) is 6.03. The van der Waals surface area contributed by atoms with Crippen LogP contribution in [0.15, 0.2) is 54.6 Å². The van der Waals surface area contributed by atoms with E-state index in [4.69, 9.17) is 4.74 Å². The van der Waals surface area contributed by atoms with Crippen LogP contribution >= 0.6 is 0 Å². The molecule has 0 bridgehead atoms. The second-order valence-corrected chi connectivity index (χ2v) is 7.32. The van der Waals surface area contributed by atoms with E-state index in [2.05, 4.69) is 36.2 Å². The van der Waals surface area contributed by atoms with E-state index in [1.54, 1.807) is 0 Å². The highest BCUT2D eigenvalue weighted by atomic mass is 16.5. The number of benzene rings is 2. The molecule has 2 aromatic carbocycles. The topological polar surface area (TPSA) is 58.6 Å². The Kier molecular flexibility index (Phi) is 5.79. The number of carbonyl (C=O) groups is 2. The Morgan fingerprint density at radius 1 is 1.07 bits per heavy atom. The van der Waals surface area contributed by atoms with Gasteiger partial charge in [0.2, 0.25) is 0 Å². The highest BCUT2D eigenvalue weighted by molar-refractivity contribution is 5.93. The quantitative estimate of drug-likeness (QED) is 0.739. The summed E-state index contributed by atoms with van der Waals surface area (Å²) in [5, 5.41) is 2.77. The SMILES string of the molecule is CC(C)N(c1ccccc1)c1ccc(NC(=O)COC(=O)[C@@H]2C[C@H]2C)cc1. The minimum Gasteiger partial charge on any atom is -0.455 e. The summed E-state index contributed by atoms with van der Waals surface area (Å²) in [4.78, 5) is 25.9. The first-order chi connectivity index (χ1) is 13.0. The van der Waals surface area contributed by atoms with Crippen molar-refractivity contribution in [2.45, 2.75) is 33.2 Å². The van der Waals surface area contributed by atoms with Crippen LogP contribution in [-0.4, -0.2) is 24.5 Å². The number of hydrogen-bond donors (Lipinski definition) is 1.